The Morgan fingerprint density at radius 1 is 1.40 bits per heavy atom. The molecule has 0 bridgehead atoms. The number of hydrogen-bond acceptors (Lipinski definition) is 3. The normalized spacial score (nSPS) is 13.3. The first kappa shape index (κ1) is 11.9. The van der Waals surface area contributed by atoms with Crippen LogP contribution >= 0.6 is 11.8 Å². The highest BCUT2D eigenvalue weighted by Gasteiger charge is 2.15. The van der Waals surface area contributed by atoms with Crippen LogP contribution in [-0.2, 0) is 0 Å². The smallest absolute Gasteiger partial charge is 0.0730 e. The average Bonchev–Trinajstić information content (AvgIpc) is 2.72. The highest BCUT2D eigenvalue weighted by Crippen LogP contribution is 2.37. The molecule has 0 atom stereocenters. The fourth-order valence-electron chi connectivity index (χ4n) is 1.28. The summed E-state index contributed by atoms with van der Waals surface area (Å²) in [6.07, 6.45) is 3.66. The number of rotatable bonds is 2. The number of aliphatic imine (C=N–C) groups is 1. The Morgan fingerprint density at radius 2 is 2.13 bits per heavy atom. The maximum Gasteiger partial charge on any atom is 0.0730 e. The van der Waals surface area contributed by atoms with E-state index in [-0.39, 0.29) is 0 Å². The van der Waals surface area contributed by atoms with Gasteiger partial charge in [0.15, 0.2) is 0 Å². The summed E-state index contributed by atoms with van der Waals surface area (Å²) < 4.78 is 0. The second-order valence-corrected chi connectivity index (χ2v) is 3.68. The van der Waals surface area contributed by atoms with Crippen molar-refractivity contribution in [2.45, 2.75) is 18.7 Å². The van der Waals surface area contributed by atoms with E-state index < -0.39 is 0 Å². The van der Waals surface area contributed by atoms with Crippen LogP contribution in [-0.4, -0.2) is 12.6 Å². The van der Waals surface area contributed by atoms with Crippen LogP contribution in [0.25, 0.3) is 0 Å². The summed E-state index contributed by atoms with van der Waals surface area (Å²) >= 11 is 1.84. The fraction of sp³-hybridized carbons (Fsp3) is 0.250. The third kappa shape index (κ3) is 2.86. The molecule has 1 aliphatic rings. The minimum absolute atomic E-state index is 0.964. The van der Waals surface area contributed by atoms with Crippen molar-refractivity contribution in [3.63, 3.8) is 0 Å². The number of hydrogen-bond donors (Lipinski definition) is 0. The number of benzene rings is 1. The molecule has 0 spiro atoms. The molecular formula is C12H16N2S. The first-order chi connectivity index (χ1) is 7.42. The van der Waals surface area contributed by atoms with Gasteiger partial charge in [0.25, 0.3) is 0 Å². The van der Waals surface area contributed by atoms with E-state index in [1.807, 2.05) is 37.9 Å². The minimum atomic E-state index is 0.964. The molecule has 1 aromatic rings. The van der Waals surface area contributed by atoms with E-state index in [1.165, 1.54) is 10.6 Å². The zero-order chi connectivity index (χ0) is 11.1. The van der Waals surface area contributed by atoms with Gasteiger partial charge in [-0.05, 0) is 18.9 Å². The van der Waals surface area contributed by atoms with Crippen LogP contribution in [0.4, 0.5) is 5.69 Å². The van der Waals surface area contributed by atoms with E-state index in [1.54, 1.807) is 6.20 Å². The van der Waals surface area contributed by atoms with E-state index in [2.05, 4.69) is 34.8 Å². The van der Waals surface area contributed by atoms with Crippen molar-refractivity contribution in [1.82, 2.24) is 0 Å². The van der Waals surface area contributed by atoms with Crippen molar-refractivity contribution in [3.05, 3.63) is 36.7 Å². The molecular weight excluding hydrogens is 204 g/mol. The molecule has 1 aromatic carbocycles. The van der Waals surface area contributed by atoms with Gasteiger partial charge in [-0.15, -0.1) is 11.8 Å². The molecule has 80 valence electrons. The molecule has 0 amide bonds. The van der Waals surface area contributed by atoms with Gasteiger partial charge in [-0.2, -0.15) is 0 Å². The Balaban J connectivity index is 0.000000531. The predicted octanol–water partition coefficient (Wildman–Crippen LogP) is 3.75. The van der Waals surface area contributed by atoms with Crippen molar-refractivity contribution in [2.75, 3.05) is 10.8 Å². The second-order valence-electron chi connectivity index (χ2n) is 2.69. The standard InChI is InChI=1S/C10H10N2S.C2H6/c1-11-6-7-12-8-13-10-5-3-2-4-9(10)12;1-2/h2-7H,1,8H2;1-2H3/b7-6-;. The summed E-state index contributed by atoms with van der Waals surface area (Å²) in [5.41, 5.74) is 1.26. The fourth-order valence-corrected chi connectivity index (χ4v) is 2.29. The number of thioether (sulfide) groups is 1. The van der Waals surface area contributed by atoms with Crippen molar-refractivity contribution in [1.29, 1.82) is 0 Å². The summed E-state index contributed by atoms with van der Waals surface area (Å²) in [7, 11) is 0. The Bertz CT molecular complexity index is 347. The van der Waals surface area contributed by atoms with Crippen LogP contribution in [0.15, 0.2) is 46.6 Å². The molecule has 0 saturated carbocycles. The third-order valence-electron chi connectivity index (χ3n) is 1.89. The van der Waals surface area contributed by atoms with Crippen LogP contribution < -0.4 is 4.90 Å². The Labute approximate surface area is 95.7 Å². The lowest BCUT2D eigenvalue weighted by Crippen LogP contribution is -2.09. The maximum absolute atomic E-state index is 3.69. The number of fused-ring (bicyclic) bond motifs is 1. The molecule has 1 heterocycles. The molecule has 0 unspecified atom stereocenters. The molecule has 2 rings (SSSR count). The van der Waals surface area contributed by atoms with Crippen LogP contribution in [0.3, 0.4) is 0 Å². The first-order valence-electron chi connectivity index (χ1n) is 5.03. The SMILES string of the molecule is C=N/C=C\N1CSc2ccccc21.CC. The van der Waals surface area contributed by atoms with Gasteiger partial charge in [-0.1, -0.05) is 26.0 Å². The van der Waals surface area contributed by atoms with E-state index in [0.29, 0.717) is 0 Å². The highest BCUT2D eigenvalue weighted by atomic mass is 32.2. The van der Waals surface area contributed by atoms with Crippen molar-refractivity contribution >= 4 is 24.2 Å². The first-order valence-corrected chi connectivity index (χ1v) is 6.01. The maximum atomic E-state index is 3.69. The Hall–Kier alpha value is -1.22. The average molecular weight is 220 g/mol. The van der Waals surface area contributed by atoms with E-state index in [4.69, 9.17) is 0 Å². The summed E-state index contributed by atoms with van der Waals surface area (Å²) in [5.74, 6) is 0.964. The summed E-state index contributed by atoms with van der Waals surface area (Å²) in [5, 5.41) is 0. The summed E-state index contributed by atoms with van der Waals surface area (Å²) in [6.45, 7) is 7.41. The van der Waals surface area contributed by atoms with Gasteiger partial charge < -0.3 is 4.90 Å². The van der Waals surface area contributed by atoms with Crippen LogP contribution in [0.5, 0.6) is 0 Å². The number of para-hydroxylation sites is 1. The third-order valence-corrected chi connectivity index (χ3v) is 2.95. The molecule has 0 fully saturated rings. The largest absolute Gasteiger partial charge is 0.335 e. The van der Waals surface area contributed by atoms with Crippen molar-refractivity contribution in [3.8, 4) is 0 Å². The van der Waals surface area contributed by atoms with Gasteiger partial charge in [-0.3, -0.25) is 4.99 Å². The number of nitrogens with zero attached hydrogens (tertiary/aromatic N) is 2. The van der Waals surface area contributed by atoms with E-state index >= 15 is 0 Å². The molecule has 2 nitrogen and oxygen atoms in total. The summed E-state index contributed by atoms with van der Waals surface area (Å²) in [4.78, 5) is 7.18. The lowest BCUT2D eigenvalue weighted by molar-refractivity contribution is 1.16. The Kier molecular flexibility index (Phi) is 4.98. The molecule has 0 aromatic heterocycles. The zero-order valence-electron chi connectivity index (χ0n) is 9.18. The second kappa shape index (κ2) is 6.30. The van der Waals surface area contributed by atoms with Crippen LogP contribution in [0.2, 0.25) is 0 Å². The van der Waals surface area contributed by atoms with Gasteiger partial charge in [0.05, 0.1) is 11.6 Å². The van der Waals surface area contributed by atoms with Crippen LogP contribution in [0.1, 0.15) is 13.8 Å². The molecule has 0 radical (unpaired) electrons. The van der Waals surface area contributed by atoms with Crippen molar-refractivity contribution in [2.24, 2.45) is 4.99 Å². The molecule has 3 heteroatoms. The number of anilines is 1. The zero-order valence-corrected chi connectivity index (χ0v) is 10.00. The van der Waals surface area contributed by atoms with Gasteiger partial charge in [0.1, 0.15) is 0 Å². The lowest BCUT2D eigenvalue weighted by Gasteiger charge is -2.10. The molecule has 0 saturated heterocycles. The Morgan fingerprint density at radius 3 is 2.87 bits per heavy atom. The molecule has 1 aliphatic heterocycles. The minimum Gasteiger partial charge on any atom is -0.335 e. The summed E-state index contributed by atoms with van der Waals surface area (Å²) in [6, 6.07) is 8.36. The lowest BCUT2D eigenvalue weighted by atomic mass is 10.3. The monoisotopic (exact) mass is 220 g/mol. The van der Waals surface area contributed by atoms with E-state index in [0.717, 1.165) is 5.88 Å². The predicted molar refractivity (Wildman–Crippen MR) is 69.7 cm³/mol. The van der Waals surface area contributed by atoms with Crippen LogP contribution in [0, 0.1) is 0 Å². The van der Waals surface area contributed by atoms with Crippen molar-refractivity contribution < 1.29 is 0 Å². The van der Waals surface area contributed by atoms with Gasteiger partial charge in [0.2, 0.25) is 0 Å². The van der Waals surface area contributed by atoms with Gasteiger partial charge >= 0.3 is 0 Å². The van der Waals surface area contributed by atoms with Gasteiger partial charge in [0, 0.05) is 17.3 Å². The van der Waals surface area contributed by atoms with E-state index in [9.17, 15) is 0 Å². The molecule has 0 N–H and O–H groups in total. The van der Waals surface area contributed by atoms with Gasteiger partial charge in [-0.25, -0.2) is 0 Å². The molecule has 15 heavy (non-hydrogen) atoms. The quantitative estimate of drug-likeness (QED) is 0.705. The molecule has 0 aliphatic carbocycles. The topological polar surface area (TPSA) is 15.6 Å². The highest BCUT2D eigenvalue weighted by molar-refractivity contribution is 7.99.